The highest BCUT2D eigenvalue weighted by molar-refractivity contribution is 5.91. The van der Waals surface area contributed by atoms with Crippen molar-refractivity contribution in [3.05, 3.63) is 29.8 Å². The van der Waals surface area contributed by atoms with Gasteiger partial charge >= 0.3 is 5.97 Å². The molecule has 3 rings (SSSR count). The fraction of sp³-hybridized carbons (Fsp3) is 0.500. The molecule has 2 aliphatic carbocycles. The zero-order valence-electron chi connectivity index (χ0n) is 11.9. The maximum atomic E-state index is 11.8. The Morgan fingerprint density at radius 1 is 1.19 bits per heavy atom. The molecular weight excluding hydrogens is 268 g/mol. The molecule has 5 nitrogen and oxygen atoms in total. The van der Waals surface area contributed by atoms with Gasteiger partial charge in [-0.1, -0.05) is 12.1 Å². The molecule has 2 fully saturated rings. The number of benzene rings is 1. The number of carbonyl (C=O) groups is 2. The van der Waals surface area contributed by atoms with Crippen molar-refractivity contribution in [2.45, 2.75) is 43.6 Å². The number of carboxylic acid groups (broad SMARTS) is 1. The van der Waals surface area contributed by atoms with Gasteiger partial charge in [-0.3, -0.25) is 9.59 Å². The molecule has 1 aromatic rings. The van der Waals surface area contributed by atoms with Crippen LogP contribution in [-0.2, 0) is 15.0 Å². The molecule has 1 amide bonds. The van der Waals surface area contributed by atoms with Gasteiger partial charge in [0.15, 0.2) is 0 Å². The van der Waals surface area contributed by atoms with Crippen LogP contribution in [0.4, 0.5) is 5.69 Å². The third-order valence-electron chi connectivity index (χ3n) is 4.24. The van der Waals surface area contributed by atoms with Crippen molar-refractivity contribution in [1.82, 2.24) is 5.32 Å². The van der Waals surface area contributed by atoms with Crippen molar-refractivity contribution in [2.24, 2.45) is 0 Å². The first-order chi connectivity index (χ1) is 10.1. The third-order valence-corrected chi connectivity index (χ3v) is 4.24. The van der Waals surface area contributed by atoms with Gasteiger partial charge in [0.1, 0.15) is 0 Å². The average Bonchev–Trinajstić information content (AvgIpc) is 3.34. The van der Waals surface area contributed by atoms with Gasteiger partial charge in [0, 0.05) is 24.7 Å². The molecule has 0 heterocycles. The Labute approximate surface area is 123 Å². The summed E-state index contributed by atoms with van der Waals surface area (Å²) in [7, 11) is 0. The predicted molar refractivity (Wildman–Crippen MR) is 79.3 cm³/mol. The Morgan fingerprint density at radius 3 is 2.38 bits per heavy atom. The molecule has 3 N–H and O–H groups in total. The third kappa shape index (κ3) is 3.24. The largest absolute Gasteiger partial charge is 0.481 e. The lowest BCUT2D eigenvalue weighted by molar-refractivity contribution is -0.140. The molecule has 2 aliphatic rings. The van der Waals surface area contributed by atoms with Crippen LogP contribution in [0.15, 0.2) is 24.3 Å². The van der Waals surface area contributed by atoms with Gasteiger partial charge in [-0.15, -0.1) is 0 Å². The summed E-state index contributed by atoms with van der Waals surface area (Å²) in [5.41, 5.74) is 0.858. The minimum atomic E-state index is -0.759. The highest BCUT2D eigenvalue weighted by Crippen LogP contribution is 2.48. The topological polar surface area (TPSA) is 78.4 Å². The van der Waals surface area contributed by atoms with Crippen LogP contribution in [0.1, 0.15) is 37.7 Å². The van der Waals surface area contributed by atoms with Crippen LogP contribution in [0.3, 0.4) is 0 Å². The van der Waals surface area contributed by atoms with Crippen molar-refractivity contribution >= 4 is 17.6 Å². The van der Waals surface area contributed by atoms with Crippen LogP contribution in [0, 0.1) is 0 Å². The maximum absolute atomic E-state index is 11.8. The van der Waals surface area contributed by atoms with E-state index in [1.807, 2.05) is 0 Å². The monoisotopic (exact) mass is 288 g/mol. The van der Waals surface area contributed by atoms with Crippen LogP contribution in [0.2, 0.25) is 0 Å². The summed E-state index contributed by atoms with van der Waals surface area (Å²) in [6.07, 6.45) is 4.28. The SMILES string of the molecule is O=C(CCNC1CC1)Nc1ccc(C2(C(=O)O)CC2)cc1. The van der Waals surface area contributed by atoms with E-state index in [4.69, 9.17) is 0 Å². The molecule has 1 aromatic carbocycles. The zero-order valence-corrected chi connectivity index (χ0v) is 11.9. The van der Waals surface area contributed by atoms with Crippen LogP contribution in [0.5, 0.6) is 0 Å². The van der Waals surface area contributed by atoms with Crippen LogP contribution in [-0.4, -0.2) is 29.6 Å². The molecule has 0 saturated heterocycles. The van der Waals surface area contributed by atoms with Gasteiger partial charge in [0.2, 0.25) is 5.91 Å². The van der Waals surface area contributed by atoms with E-state index in [-0.39, 0.29) is 5.91 Å². The predicted octanol–water partition coefficient (Wildman–Crippen LogP) is 1.88. The van der Waals surface area contributed by atoms with Crippen molar-refractivity contribution in [2.75, 3.05) is 11.9 Å². The first-order valence-electron chi connectivity index (χ1n) is 7.47. The Hall–Kier alpha value is -1.88. The Balaban J connectivity index is 1.52. The first kappa shape index (κ1) is 14.1. The first-order valence-corrected chi connectivity index (χ1v) is 7.47. The minimum absolute atomic E-state index is 0.0183. The van der Waals surface area contributed by atoms with E-state index >= 15 is 0 Å². The second-order valence-electron chi connectivity index (χ2n) is 5.99. The standard InChI is InChI=1S/C16H20N2O3/c19-14(7-10-17-12-5-6-12)18-13-3-1-11(2-4-13)16(8-9-16)15(20)21/h1-4,12,17H,5-10H2,(H,18,19)(H,20,21). The van der Waals surface area contributed by atoms with E-state index in [2.05, 4.69) is 10.6 Å². The van der Waals surface area contributed by atoms with Crippen LogP contribution >= 0.6 is 0 Å². The number of rotatable bonds is 7. The Bertz CT molecular complexity index is 545. The molecule has 0 spiro atoms. The van der Waals surface area contributed by atoms with E-state index < -0.39 is 11.4 Å². The molecular formula is C16H20N2O3. The number of carbonyl (C=O) groups excluding carboxylic acids is 1. The van der Waals surface area contributed by atoms with Crippen molar-refractivity contribution in [3.63, 3.8) is 0 Å². The van der Waals surface area contributed by atoms with Gasteiger partial charge in [0.25, 0.3) is 0 Å². The van der Waals surface area contributed by atoms with Gasteiger partial charge < -0.3 is 15.7 Å². The molecule has 2 saturated carbocycles. The van der Waals surface area contributed by atoms with Crippen LogP contribution in [0.25, 0.3) is 0 Å². The lowest BCUT2D eigenvalue weighted by Gasteiger charge is -2.11. The van der Waals surface area contributed by atoms with Gasteiger partial charge in [-0.25, -0.2) is 0 Å². The summed E-state index contributed by atoms with van der Waals surface area (Å²) in [6.45, 7) is 0.705. The normalized spacial score (nSPS) is 19.0. The number of hydrogen-bond acceptors (Lipinski definition) is 3. The molecule has 21 heavy (non-hydrogen) atoms. The molecule has 5 heteroatoms. The average molecular weight is 288 g/mol. The fourth-order valence-electron chi connectivity index (χ4n) is 2.52. The summed E-state index contributed by atoms with van der Waals surface area (Å²) in [4.78, 5) is 23.0. The number of hydrogen-bond donors (Lipinski definition) is 3. The van der Waals surface area contributed by atoms with Gasteiger partial charge in [-0.2, -0.15) is 0 Å². The summed E-state index contributed by atoms with van der Waals surface area (Å²) in [5, 5.41) is 15.4. The molecule has 0 radical (unpaired) electrons. The molecule has 0 bridgehead atoms. The smallest absolute Gasteiger partial charge is 0.314 e. The number of nitrogens with one attached hydrogen (secondary N) is 2. The lowest BCUT2D eigenvalue weighted by atomic mass is 9.96. The summed E-state index contributed by atoms with van der Waals surface area (Å²) in [5.74, 6) is -0.777. The molecule has 0 atom stereocenters. The van der Waals surface area contributed by atoms with E-state index in [9.17, 15) is 14.7 Å². The fourth-order valence-corrected chi connectivity index (χ4v) is 2.52. The number of carboxylic acids is 1. The van der Waals surface area contributed by atoms with Crippen LogP contribution < -0.4 is 10.6 Å². The van der Waals surface area contributed by atoms with Crippen molar-refractivity contribution < 1.29 is 14.7 Å². The quantitative estimate of drug-likeness (QED) is 0.716. The zero-order chi connectivity index (χ0) is 14.9. The molecule has 0 aliphatic heterocycles. The lowest BCUT2D eigenvalue weighted by Crippen LogP contribution is -2.23. The highest BCUT2D eigenvalue weighted by atomic mass is 16.4. The van der Waals surface area contributed by atoms with E-state index in [1.165, 1.54) is 12.8 Å². The van der Waals surface area contributed by atoms with E-state index in [0.29, 0.717) is 31.8 Å². The van der Waals surface area contributed by atoms with Gasteiger partial charge in [-0.05, 0) is 43.4 Å². The number of aliphatic carboxylic acids is 1. The van der Waals surface area contributed by atoms with E-state index in [0.717, 1.165) is 11.3 Å². The Morgan fingerprint density at radius 2 is 1.86 bits per heavy atom. The minimum Gasteiger partial charge on any atom is -0.481 e. The second kappa shape index (κ2) is 5.48. The van der Waals surface area contributed by atoms with Crippen molar-refractivity contribution in [3.8, 4) is 0 Å². The van der Waals surface area contributed by atoms with E-state index in [1.54, 1.807) is 24.3 Å². The molecule has 0 unspecified atom stereocenters. The summed E-state index contributed by atoms with van der Waals surface area (Å²) in [6, 6.07) is 7.79. The van der Waals surface area contributed by atoms with Gasteiger partial charge in [0.05, 0.1) is 5.41 Å². The van der Waals surface area contributed by atoms with Crippen molar-refractivity contribution in [1.29, 1.82) is 0 Å². The highest BCUT2D eigenvalue weighted by Gasteiger charge is 2.51. The maximum Gasteiger partial charge on any atom is 0.314 e. The summed E-state index contributed by atoms with van der Waals surface area (Å²) < 4.78 is 0. The number of amides is 1. The Kier molecular flexibility index (Phi) is 3.68. The molecule has 112 valence electrons. The number of anilines is 1. The molecule has 0 aromatic heterocycles. The summed E-state index contributed by atoms with van der Waals surface area (Å²) >= 11 is 0. The second-order valence-corrected chi connectivity index (χ2v) is 5.99.